The van der Waals surface area contributed by atoms with Crippen LogP contribution in [0.3, 0.4) is 0 Å². The molecule has 0 radical (unpaired) electrons. The number of hydroxylamine groups is 2. The van der Waals surface area contributed by atoms with Crippen molar-refractivity contribution in [1.82, 2.24) is 5.06 Å². The van der Waals surface area contributed by atoms with E-state index in [4.69, 9.17) is 4.84 Å². The van der Waals surface area contributed by atoms with Gasteiger partial charge in [-0.1, -0.05) is 30.3 Å². The van der Waals surface area contributed by atoms with E-state index in [2.05, 4.69) is 0 Å². The number of hydrogen-bond acceptors (Lipinski definition) is 3. The van der Waals surface area contributed by atoms with Gasteiger partial charge in [-0.3, -0.25) is 9.59 Å². The Morgan fingerprint density at radius 2 is 2.07 bits per heavy atom. The SMILES string of the molecule is CC(=O)ON1C(=O)CC1c1ccccc1. The molecule has 1 amide bonds. The molecule has 0 aromatic heterocycles. The van der Waals surface area contributed by atoms with E-state index >= 15 is 0 Å². The van der Waals surface area contributed by atoms with Gasteiger partial charge in [-0.25, -0.2) is 0 Å². The lowest BCUT2D eigenvalue weighted by molar-refractivity contribution is -0.226. The Labute approximate surface area is 87.4 Å². The van der Waals surface area contributed by atoms with Gasteiger partial charge in [0.25, 0.3) is 5.91 Å². The van der Waals surface area contributed by atoms with Gasteiger partial charge in [0.05, 0.1) is 6.42 Å². The van der Waals surface area contributed by atoms with Crippen LogP contribution in [-0.2, 0) is 14.4 Å². The van der Waals surface area contributed by atoms with Gasteiger partial charge in [0, 0.05) is 6.92 Å². The van der Waals surface area contributed by atoms with E-state index in [1.54, 1.807) is 0 Å². The summed E-state index contributed by atoms with van der Waals surface area (Å²) in [6.45, 7) is 1.29. The molecule has 1 aromatic rings. The maximum absolute atomic E-state index is 11.2. The number of hydrogen-bond donors (Lipinski definition) is 0. The Morgan fingerprint density at radius 1 is 1.40 bits per heavy atom. The van der Waals surface area contributed by atoms with Gasteiger partial charge in [-0.2, -0.15) is 5.06 Å². The maximum atomic E-state index is 11.2. The van der Waals surface area contributed by atoms with Crippen molar-refractivity contribution in [2.45, 2.75) is 19.4 Å². The average Bonchev–Trinajstić information content (AvgIpc) is 2.24. The monoisotopic (exact) mass is 205 g/mol. The molecule has 0 saturated carbocycles. The lowest BCUT2D eigenvalue weighted by Crippen LogP contribution is -2.46. The zero-order valence-corrected chi connectivity index (χ0v) is 8.34. The van der Waals surface area contributed by atoms with Crippen LogP contribution < -0.4 is 0 Å². The topological polar surface area (TPSA) is 46.6 Å². The third-order valence-electron chi connectivity index (χ3n) is 2.31. The Balaban J connectivity index is 2.12. The van der Waals surface area contributed by atoms with Crippen LogP contribution in [0.15, 0.2) is 30.3 Å². The van der Waals surface area contributed by atoms with Crippen molar-refractivity contribution in [1.29, 1.82) is 0 Å². The molecule has 4 nitrogen and oxygen atoms in total. The predicted molar refractivity (Wildman–Crippen MR) is 52.4 cm³/mol. The quantitative estimate of drug-likeness (QED) is 0.686. The third-order valence-corrected chi connectivity index (χ3v) is 2.31. The van der Waals surface area contributed by atoms with E-state index < -0.39 is 5.97 Å². The first kappa shape index (κ1) is 9.71. The van der Waals surface area contributed by atoms with E-state index in [-0.39, 0.29) is 11.9 Å². The molecule has 1 fully saturated rings. The fourth-order valence-corrected chi connectivity index (χ4v) is 1.58. The Morgan fingerprint density at radius 3 is 2.60 bits per heavy atom. The number of carbonyl (C=O) groups excluding carboxylic acids is 2. The molecular weight excluding hydrogens is 194 g/mol. The number of nitrogens with zero attached hydrogens (tertiary/aromatic N) is 1. The molecular formula is C11H11NO3. The van der Waals surface area contributed by atoms with Crippen LogP contribution in [-0.4, -0.2) is 16.9 Å². The average molecular weight is 205 g/mol. The molecule has 1 saturated heterocycles. The Bertz CT molecular complexity index is 388. The summed E-state index contributed by atoms with van der Waals surface area (Å²) in [4.78, 5) is 26.8. The number of β-lactam (4-membered cyclic amide) rings is 1. The normalized spacial score (nSPS) is 19.7. The number of rotatable bonds is 2. The summed E-state index contributed by atoms with van der Waals surface area (Å²) in [6, 6.07) is 9.39. The fraction of sp³-hybridized carbons (Fsp3) is 0.273. The molecule has 1 atom stereocenters. The summed E-state index contributed by atoms with van der Waals surface area (Å²) in [5.74, 6) is -0.622. The van der Waals surface area contributed by atoms with Crippen LogP contribution in [0.1, 0.15) is 24.9 Å². The van der Waals surface area contributed by atoms with Gasteiger partial charge in [0.2, 0.25) is 0 Å². The van der Waals surface area contributed by atoms with Crippen molar-refractivity contribution in [3.05, 3.63) is 35.9 Å². The first-order valence-corrected chi connectivity index (χ1v) is 4.74. The number of amides is 1. The second-order valence-corrected chi connectivity index (χ2v) is 3.43. The molecule has 1 unspecified atom stereocenters. The molecule has 1 aromatic carbocycles. The van der Waals surface area contributed by atoms with E-state index in [1.807, 2.05) is 30.3 Å². The summed E-state index contributed by atoms with van der Waals surface area (Å²) >= 11 is 0. The molecule has 0 aliphatic carbocycles. The molecule has 0 spiro atoms. The molecule has 1 heterocycles. The van der Waals surface area contributed by atoms with Crippen LogP contribution >= 0.6 is 0 Å². The smallest absolute Gasteiger partial charge is 0.329 e. The molecule has 1 aliphatic rings. The summed E-state index contributed by atoms with van der Waals surface area (Å²) in [6.07, 6.45) is 0.400. The fourth-order valence-electron chi connectivity index (χ4n) is 1.58. The van der Waals surface area contributed by atoms with Crippen molar-refractivity contribution < 1.29 is 14.4 Å². The summed E-state index contributed by atoms with van der Waals surface area (Å²) < 4.78 is 0. The highest BCUT2D eigenvalue weighted by molar-refractivity contribution is 5.84. The summed E-state index contributed by atoms with van der Waals surface area (Å²) in [5.41, 5.74) is 0.985. The molecule has 2 rings (SSSR count). The highest BCUT2D eigenvalue weighted by Gasteiger charge is 2.40. The van der Waals surface area contributed by atoms with Crippen LogP contribution in [0, 0.1) is 0 Å². The number of carbonyl (C=O) groups is 2. The van der Waals surface area contributed by atoms with E-state index in [0.717, 1.165) is 10.6 Å². The van der Waals surface area contributed by atoms with Crippen molar-refractivity contribution >= 4 is 11.9 Å². The first-order chi connectivity index (χ1) is 7.18. The van der Waals surface area contributed by atoms with Gasteiger partial charge in [-0.05, 0) is 5.56 Å². The molecule has 15 heavy (non-hydrogen) atoms. The van der Waals surface area contributed by atoms with E-state index in [1.165, 1.54) is 6.92 Å². The van der Waals surface area contributed by atoms with Gasteiger partial charge >= 0.3 is 5.97 Å². The molecule has 1 aliphatic heterocycles. The van der Waals surface area contributed by atoms with E-state index in [0.29, 0.717) is 6.42 Å². The van der Waals surface area contributed by atoms with Crippen LogP contribution in [0.2, 0.25) is 0 Å². The van der Waals surface area contributed by atoms with Gasteiger partial charge in [0.1, 0.15) is 6.04 Å². The second-order valence-electron chi connectivity index (χ2n) is 3.43. The minimum Gasteiger partial charge on any atom is -0.338 e. The Hall–Kier alpha value is -1.84. The third kappa shape index (κ3) is 1.83. The van der Waals surface area contributed by atoms with Crippen molar-refractivity contribution in [3.63, 3.8) is 0 Å². The molecule has 0 bridgehead atoms. The zero-order chi connectivity index (χ0) is 10.8. The minimum absolute atomic E-state index is 0.123. The standard InChI is InChI=1S/C11H11NO3/c1-8(13)15-12-10(7-11(12)14)9-5-3-2-4-6-9/h2-6,10H,7H2,1H3. The van der Waals surface area contributed by atoms with Gasteiger partial charge in [-0.15, -0.1) is 0 Å². The predicted octanol–water partition coefficient (Wildman–Crippen LogP) is 1.44. The zero-order valence-electron chi connectivity index (χ0n) is 8.34. The van der Waals surface area contributed by atoms with Gasteiger partial charge < -0.3 is 4.84 Å². The lowest BCUT2D eigenvalue weighted by atomic mass is 9.97. The van der Waals surface area contributed by atoms with Crippen LogP contribution in [0.4, 0.5) is 0 Å². The minimum atomic E-state index is -0.469. The van der Waals surface area contributed by atoms with Crippen molar-refractivity contribution in [2.75, 3.05) is 0 Å². The highest BCUT2D eigenvalue weighted by Crippen LogP contribution is 2.34. The van der Waals surface area contributed by atoms with Crippen LogP contribution in [0.25, 0.3) is 0 Å². The van der Waals surface area contributed by atoms with Crippen LogP contribution in [0.5, 0.6) is 0 Å². The van der Waals surface area contributed by atoms with Crippen molar-refractivity contribution in [3.8, 4) is 0 Å². The number of benzene rings is 1. The Kier molecular flexibility index (Phi) is 2.41. The lowest BCUT2D eigenvalue weighted by Gasteiger charge is -2.37. The molecule has 4 heteroatoms. The maximum Gasteiger partial charge on any atom is 0.329 e. The summed E-state index contributed by atoms with van der Waals surface area (Å²) in [5, 5.41) is 1.14. The first-order valence-electron chi connectivity index (χ1n) is 4.74. The van der Waals surface area contributed by atoms with Crippen molar-refractivity contribution in [2.24, 2.45) is 0 Å². The highest BCUT2D eigenvalue weighted by atomic mass is 16.7. The molecule has 0 N–H and O–H groups in total. The van der Waals surface area contributed by atoms with Gasteiger partial charge in [0.15, 0.2) is 0 Å². The molecule has 78 valence electrons. The second kappa shape index (κ2) is 3.73. The summed E-state index contributed by atoms with van der Waals surface area (Å²) in [7, 11) is 0. The largest absolute Gasteiger partial charge is 0.338 e. The van der Waals surface area contributed by atoms with E-state index in [9.17, 15) is 9.59 Å².